The molecule has 0 heterocycles. The zero-order valence-corrected chi connectivity index (χ0v) is 9.91. The SMILES string of the molecule is C=COc1cc(Br)ccc1OC(=O)CC. The molecule has 0 amide bonds. The lowest BCUT2D eigenvalue weighted by molar-refractivity contribution is -0.134. The largest absolute Gasteiger partial charge is 0.462 e. The summed E-state index contributed by atoms with van der Waals surface area (Å²) in [4.78, 5) is 11.1. The Bertz CT molecular complexity index is 374. The van der Waals surface area contributed by atoms with Crippen LogP contribution in [0.15, 0.2) is 35.5 Å². The summed E-state index contributed by atoms with van der Waals surface area (Å²) in [6.45, 7) is 5.18. The minimum Gasteiger partial charge on any atom is -0.462 e. The first-order valence-corrected chi connectivity index (χ1v) is 5.24. The van der Waals surface area contributed by atoms with Crippen LogP contribution in [-0.4, -0.2) is 5.97 Å². The van der Waals surface area contributed by atoms with Crippen LogP contribution < -0.4 is 9.47 Å². The smallest absolute Gasteiger partial charge is 0.311 e. The quantitative estimate of drug-likeness (QED) is 0.479. The molecule has 0 spiro atoms. The fourth-order valence-electron chi connectivity index (χ4n) is 0.943. The van der Waals surface area contributed by atoms with Gasteiger partial charge in [-0.2, -0.15) is 0 Å². The monoisotopic (exact) mass is 270 g/mol. The van der Waals surface area contributed by atoms with Crippen LogP contribution in [0.5, 0.6) is 11.5 Å². The average Bonchev–Trinajstić information content (AvgIpc) is 2.22. The summed E-state index contributed by atoms with van der Waals surface area (Å²) in [5.74, 6) is 0.553. The number of esters is 1. The molecule has 4 heteroatoms. The van der Waals surface area contributed by atoms with E-state index in [1.165, 1.54) is 6.26 Å². The Morgan fingerprint density at radius 3 is 2.87 bits per heavy atom. The molecule has 80 valence electrons. The predicted molar refractivity (Wildman–Crippen MR) is 60.9 cm³/mol. The molecule has 0 unspecified atom stereocenters. The molecule has 0 atom stereocenters. The normalized spacial score (nSPS) is 9.47. The lowest BCUT2D eigenvalue weighted by atomic mass is 10.3. The molecular formula is C11H11BrO3. The van der Waals surface area contributed by atoms with Crippen molar-refractivity contribution in [1.82, 2.24) is 0 Å². The maximum Gasteiger partial charge on any atom is 0.311 e. The maximum atomic E-state index is 11.1. The summed E-state index contributed by atoms with van der Waals surface area (Å²) in [5.41, 5.74) is 0. The zero-order valence-electron chi connectivity index (χ0n) is 8.33. The van der Waals surface area contributed by atoms with Crippen LogP contribution in [0, 0.1) is 0 Å². The van der Waals surface area contributed by atoms with E-state index in [0.29, 0.717) is 17.9 Å². The summed E-state index contributed by atoms with van der Waals surface area (Å²) in [7, 11) is 0. The molecule has 0 aliphatic rings. The Morgan fingerprint density at radius 1 is 1.53 bits per heavy atom. The third-order valence-corrected chi connectivity index (χ3v) is 2.12. The van der Waals surface area contributed by atoms with Crippen LogP contribution in [0.25, 0.3) is 0 Å². The van der Waals surface area contributed by atoms with Gasteiger partial charge in [0.05, 0.1) is 6.26 Å². The minimum atomic E-state index is -0.300. The highest BCUT2D eigenvalue weighted by Gasteiger charge is 2.08. The molecule has 0 fully saturated rings. The van der Waals surface area contributed by atoms with Crippen LogP contribution >= 0.6 is 15.9 Å². The summed E-state index contributed by atoms with van der Waals surface area (Å²) in [6.07, 6.45) is 1.61. The molecular weight excluding hydrogens is 260 g/mol. The molecule has 15 heavy (non-hydrogen) atoms. The van der Waals surface area contributed by atoms with Gasteiger partial charge in [-0.1, -0.05) is 29.4 Å². The Balaban J connectivity index is 2.94. The number of hydrogen-bond acceptors (Lipinski definition) is 3. The second kappa shape index (κ2) is 5.56. The molecule has 1 rings (SSSR count). The lowest BCUT2D eigenvalue weighted by Gasteiger charge is -2.08. The molecule has 0 aromatic heterocycles. The van der Waals surface area contributed by atoms with Crippen LogP contribution in [0.4, 0.5) is 0 Å². The van der Waals surface area contributed by atoms with E-state index in [1.54, 1.807) is 25.1 Å². The number of hydrogen-bond donors (Lipinski definition) is 0. The first-order chi connectivity index (χ1) is 7.17. The average molecular weight is 271 g/mol. The van der Waals surface area contributed by atoms with Gasteiger partial charge in [0.15, 0.2) is 11.5 Å². The third kappa shape index (κ3) is 3.40. The summed E-state index contributed by atoms with van der Waals surface area (Å²) in [5, 5.41) is 0. The third-order valence-electron chi connectivity index (χ3n) is 1.63. The fourth-order valence-corrected chi connectivity index (χ4v) is 1.28. The highest BCUT2D eigenvalue weighted by atomic mass is 79.9. The van der Waals surface area contributed by atoms with E-state index < -0.39 is 0 Å². The van der Waals surface area contributed by atoms with Gasteiger partial charge < -0.3 is 9.47 Å². The van der Waals surface area contributed by atoms with Gasteiger partial charge in [-0.3, -0.25) is 4.79 Å². The first-order valence-electron chi connectivity index (χ1n) is 4.45. The minimum absolute atomic E-state index is 0.300. The Hall–Kier alpha value is -1.29. The Labute approximate surface area is 96.8 Å². The number of rotatable bonds is 4. The molecule has 0 saturated carbocycles. The van der Waals surface area contributed by atoms with Crippen molar-refractivity contribution >= 4 is 21.9 Å². The fraction of sp³-hybridized carbons (Fsp3) is 0.182. The number of carbonyl (C=O) groups excluding carboxylic acids is 1. The second-order valence-electron chi connectivity index (χ2n) is 2.70. The van der Waals surface area contributed by atoms with Crippen molar-refractivity contribution in [3.8, 4) is 11.5 Å². The lowest BCUT2D eigenvalue weighted by Crippen LogP contribution is -2.06. The van der Waals surface area contributed by atoms with Crippen LogP contribution in [0.1, 0.15) is 13.3 Å². The van der Waals surface area contributed by atoms with Gasteiger partial charge >= 0.3 is 5.97 Å². The van der Waals surface area contributed by atoms with Crippen molar-refractivity contribution in [1.29, 1.82) is 0 Å². The van der Waals surface area contributed by atoms with Crippen LogP contribution in [0.2, 0.25) is 0 Å². The van der Waals surface area contributed by atoms with Gasteiger partial charge in [0.2, 0.25) is 0 Å². The van der Waals surface area contributed by atoms with Gasteiger partial charge in [-0.05, 0) is 18.2 Å². The van der Waals surface area contributed by atoms with E-state index in [4.69, 9.17) is 9.47 Å². The number of halogens is 1. The predicted octanol–water partition coefficient (Wildman–Crippen LogP) is 3.29. The first kappa shape index (κ1) is 11.8. The highest BCUT2D eigenvalue weighted by molar-refractivity contribution is 9.10. The van der Waals surface area contributed by atoms with Crippen molar-refractivity contribution in [2.75, 3.05) is 0 Å². The van der Waals surface area contributed by atoms with Crippen molar-refractivity contribution in [3.05, 3.63) is 35.5 Å². The zero-order chi connectivity index (χ0) is 11.3. The highest BCUT2D eigenvalue weighted by Crippen LogP contribution is 2.30. The van der Waals surface area contributed by atoms with E-state index in [-0.39, 0.29) is 5.97 Å². The molecule has 0 N–H and O–H groups in total. The molecule has 0 radical (unpaired) electrons. The van der Waals surface area contributed by atoms with Gasteiger partial charge in [0, 0.05) is 10.9 Å². The summed E-state index contributed by atoms with van der Waals surface area (Å²) < 4.78 is 11.0. The van der Waals surface area contributed by atoms with E-state index >= 15 is 0 Å². The van der Waals surface area contributed by atoms with Gasteiger partial charge in [0.1, 0.15) is 0 Å². The van der Waals surface area contributed by atoms with Crippen molar-refractivity contribution < 1.29 is 14.3 Å². The molecule has 3 nitrogen and oxygen atoms in total. The van der Waals surface area contributed by atoms with Gasteiger partial charge in [-0.15, -0.1) is 0 Å². The molecule has 0 bridgehead atoms. The van der Waals surface area contributed by atoms with E-state index in [0.717, 1.165) is 4.47 Å². The number of ether oxygens (including phenoxy) is 2. The van der Waals surface area contributed by atoms with E-state index in [2.05, 4.69) is 22.5 Å². The summed E-state index contributed by atoms with van der Waals surface area (Å²) >= 11 is 3.29. The second-order valence-corrected chi connectivity index (χ2v) is 3.62. The van der Waals surface area contributed by atoms with Gasteiger partial charge in [0.25, 0.3) is 0 Å². The topological polar surface area (TPSA) is 35.5 Å². The molecule has 0 aliphatic heterocycles. The van der Waals surface area contributed by atoms with Crippen molar-refractivity contribution in [3.63, 3.8) is 0 Å². The Kier molecular flexibility index (Phi) is 4.37. The van der Waals surface area contributed by atoms with Crippen molar-refractivity contribution in [2.24, 2.45) is 0 Å². The Morgan fingerprint density at radius 2 is 2.27 bits per heavy atom. The van der Waals surface area contributed by atoms with Crippen molar-refractivity contribution in [2.45, 2.75) is 13.3 Å². The molecule has 0 aliphatic carbocycles. The van der Waals surface area contributed by atoms with E-state index in [9.17, 15) is 4.79 Å². The van der Waals surface area contributed by atoms with Crippen LogP contribution in [-0.2, 0) is 4.79 Å². The van der Waals surface area contributed by atoms with Gasteiger partial charge in [-0.25, -0.2) is 0 Å². The standard InChI is InChI=1S/C11H11BrO3/c1-3-11(13)15-9-6-5-8(12)7-10(9)14-4-2/h4-7H,2-3H2,1H3. The molecule has 1 aromatic rings. The molecule has 1 aromatic carbocycles. The number of benzene rings is 1. The van der Waals surface area contributed by atoms with E-state index in [1.807, 2.05) is 0 Å². The summed E-state index contributed by atoms with van der Waals surface area (Å²) in [6, 6.07) is 5.14. The maximum absolute atomic E-state index is 11.1. The van der Waals surface area contributed by atoms with Crippen LogP contribution in [0.3, 0.4) is 0 Å². The number of carbonyl (C=O) groups is 1. The molecule has 0 saturated heterocycles.